The van der Waals surface area contributed by atoms with Gasteiger partial charge in [0.2, 0.25) is 0 Å². The number of alkyl halides is 30. The Balaban J connectivity index is 1.45. The molecule has 0 aromatic heterocycles. The van der Waals surface area contributed by atoms with Crippen LogP contribution in [0.3, 0.4) is 0 Å². The smallest absolute Gasteiger partial charge is 0.339 e. The Labute approximate surface area is 352 Å². The van der Waals surface area contributed by atoms with Gasteiger partial charge in [-0.2, -0.15) is 52.7 Å². The fraction of sp³-hybridized carbons (Fsp3) is 0.812. The topological polar surface area (TPSA) is 71.1 Å². The molecule has 8 saturated carbocycles. The average molecular weight is 1070 g/mol. The van der Waals surface area contributed by atoms with Crippen LogP contribution in [0.2, 0.25) is 0 Å². The van der Waals surface area contributed by atoms with Gasteiger partial charge in [0.05, 0.1) is 26.4 Å². The van der Waals surface area contributed by atoms with Gasteiger partial charge in [0.15, 0.2) is 23.0 Å². The van der Waals surface area contributed by atoms with Crippen LogP contribution in [0.4, 0.5) is 132 Å². The van der Waals surface area contributed by atoms with Gasteiger partial charge < -0.3 is 18.9 Å². The Morgan fingerprint density at radius 1 is 0.324 bits per heavy atom. The molecule has 2 atom stereocenters. The Morgan fingerprint density at radius 3 is 0.632 bits per heavy atom. The lowest BCUT2D eigenvalue weighted by molar-refractivity contribution is -0.615. The molecule has 8 bridgehead atoms. The van der Waals surface area contributed by atoms with E-state index in [1.54, 1.807) is 0 Å². The van der Waals surface area contributed by atoms with Gasteiger partial charge in [0.25, 0.3) is 0 Å². The molecule has 0 aromatic carbocycles. The van der Waals surface area contributed by atoms with Crippen molar-refractivity contribution < 1.29 is 160 Å². The lowest BCUT2D eigenvalue weighted by atomic mass is 9.36. The molecular weight excluding hydrogens is 1050 g/mol. The predicted molar refractivity (Wildman–Crippen MR) is 149 cm³/mol. The van der Waals surface area contributed by atoms with Gasteiger partial charge in [0, 0.05) is 12.2 Å². The molecule has 68 heavy (non-hydrogen) atoms. The molecule has 2 unspecified atom stereocenters. The normalized spacial score (nSPS) is 44.6. The first-order valence-electron chi connectivity index (χ1n) is 17.4. The van der Waals surface area contributed by atoms with Gasteiger partial charge in [-0.25, -0.2) is 88.6 Å². The molecule has 0 N–H and O–H groups in total. The summed E-state index contributed by atoms with van der Waals surface area (Å²) in [5.74, 6) is -104. The second kappa shape index (κ2) is 12.8. The number of carbonyl (C=O) groups excluding carboxylic acids is 2. The summed E-state index contributed by atoms with van der Waals surface area (Å²) >= 11 is 0. The zero-order chi connectivity index (χ0) is 53.4. The maximum atomic E-state index is 15.6. The third-order valence-corrected chi connectivity index (χ3v) is 13.5. The molecule has 8 aliphatic rings. The fourth-order valence-electron chi connectivity index (χ4n) is 9.95. The molecule has 0 aromatic rings. The summed E-state index contributed by atoms with van der Waals surface area (Å²) in [4.78, 5) is 24.1. The van der Waals surface area contributed by atoms with E-state index in [9.17, 15) is 62.3 Å². The third kappa shape index (κ3) is 3.98. The van der Waals surface area contributed by atoms with Crippen molar-refractivity contribution in [2.45, 2.75) is 117 Å². The van der Waals surface area contributed by atoms with Crippen LogP contribution in [0.15, 0.2) is 25.3 Å². The molecule has 390 valence electrons. The fourth-order valence-corrected chi connectivity index (χ4v) is 9.95. The molecule has 36 heteroatoms. The summed E-state index contributed by atoms with van der Waals surface area (Å²) in [5.41, 5.74) is -64.2. The van der Waals surface area contributed by atoms with Crippen molar-refractivity contribution in [3.05, 3.63) is 25.3 Å². The average Bonchev–Trinajstić information content (AvgIpc) is 3.19. The Kier molecular flexibility index (Phi) is 10.1. The van der Waals surface area contributed by atoms with E-state index in [0.717, 1.165) is 0 Å². The maximum absolute atomic E-state index is 15.6. The van der Waals surface area contributed by atoms with Gasteiger partial charge in [0.1, 0.15) is 0 Å². The van der Waals surface area contributed by atoms with E-state index in [1.165, 1.54) is 0 Å². The molecule has 0 radical (unpaired) electrons. The minimum atomic E-state index is -8.33. The number of ether oxygens (including phenoxy) is 4. The minimum Gasteiger partial charge on any atom is -0.453 e. The molecule has 8 fully saturated rings. The highest BCUT2D eigenvalue weighted by molar-refractivity contribution is 5.82. The van der Waals surface area contributed by atoms with Crippen LogP contribution in [0.25, 0.3) is 0 Å². The number of halogens is 30. The van der Waals surface area contributed by atoms with Crippen molar-refractivity contribution in [1.82, 2.24) is 0 Å². The second-order valence-electron chi connectivity index (χ2n) is 16.0. The maximum Gasteiger partial charge on any atom is 0.339 e. The zero-order valence-corrected chi connectivity index (χ0v) is 31.3. The van der Waals surface area contributed by atoms with Crippen LogP contribution < -0.4 is 0 Å². The van der Waals surface area contributed by atoms with Gasteiger partial charge in [-0.15, -0.1) is 0 Å². The molecule has 0 spiro atoms. The van der Waals surface area contributed by atoms with Crippen molar-refractivity contribution in [2.75, 3.05) is 26.4 Å². The Bertz CT molecular complexity index is 1840. The van der Waals surface area contributed by atoms with E-state index in [0.29, 0.717) is 0 Å². The monoisotopic (exact) mass is 1070 g/mol. The van der Waals surface area contributed by atoms with E-state index in [1.807, 2.05) is 0 Å². The van der Waals surface area contributed by atoms with Gasteiger partial charge in [-0.05, 0) is 0 Å². The molecular formula is C32H16F30O6. The van der Waals surface area contributed by atoms with E-state index >= 15 is 79.0 Å². The summed E-state index contributed by atoms with van der Waals surface area (Å²) in [5, 5.41) is 0. The van der Waals surface area contributed by atoms with Crippen molar-refractivity contribution >= 4 is 11.9 Å². The van der Waals surface area contributed by atoms with Crippen molar-refractivity contribution in [3.63, 3.8) is 0 Å². The first-order chi connectivity index (χ1) is 29.9. The number of esters is 2. The lowest BCUT2D eigenvalue weighted by Gasteiger charge is -2.75. The van der Waals surface area contributed by atoms with E-state index in [2.05, 4.69) is 32.1 Å². The molecule has 8 rings (SSSR count). The Hall–Kier alpha value is -3.76. The van der Waals surface area contributed by atoms with Crippen LogP contribution in [-0.4, -0.2) is 156 Å². The van der Waals surface area contributed by atoms with E-state index < -0.39 is 166 Å². The van der Waals surface area contributed by atoms with Crippen LogP contribution in [0.5, 0.6) is 0 Å². The quantitative estimate of drug-likeness (QED) is 0.104. The largest absolute Gasteiger partial charge is 0.453 e. The first-order valence-corrected chi connectivity index (χ1v) is 17.4. The number of hydrogen-bond acceptors (Lipinski definition) is 6. The third-order valence-electron chi connectivity index (χ3n) is 13.5. The highest BCUT2D eigenvalue weighted by Crippen LogP contribution is 2.92. The predicted octanol–water partition coefficient (Wildman–Crippen LogP) is 9.14. The van der Waals surface area contributed by atoms with Crippen LogP contribution in [-0.2, 0) is 28.5 Å². The molecule has 0 aliphatic heterocycles. The lowest BCUT2D eigenvalue weighted by Crippen LogP contribution is -3.08. The SMILES string of the molecule is C=CC(=O)OC(COCC12C(F)(F)C3(F)C(F)(F)C(F)(C(F)(F)C(F)(C3(F)F)C1(F)F)C2(F)F)C(COCC12C(F)(F)C3(F)C(F)(F)C(F)(C(F)(F)C(F)(C3(F)F)C1(F)F)C2(F)F)OC(=O)C=C. The molecule has 0 saturated heterocycles. The number of rotatable bonds is 13. The highest BCUT2D eigenvalue weighted by atomic mass is 19.4. The number of carbonyl (C=O) groups is 2. The van der Waals surface area contributed by atoms with Crippen molar-refractivity contribution in [2.24, 2.45) is 10.8 Å². The van der Waals surface area contributed by atoms with Crippen LogP contribution in [0.1, 0.15) is 0 Å². The van der Waals surface area contributed by atoms with Crippen molar-refractivity contribution in [1.29, 1.82) is 0 Å². The number of hydrogen-bond donors (Lipinski definition) is 0. The van der Waals surface area contributed by atoms with Gasteiger partial charge in [-0.1, -0.05) is 13.2 Å². The van der Waals surface area contributed by atoms with Crippen molar-refractivity contribution in [3.8, 4) is 0 Å². The van der Waals surface area contributed by atoms with Crippen LogP contribution in [0, 0.1) is 10.8 Å². The molecule has 8 aliphatic carbocycles. The summed E-state index contributed by atoms with van der Waals surface area (Å²) in [6, 6.07) is 0. The molecule has 6 nitrogen and oxygen atoms in total. The Morgan fingerprint density at radius 2 is 0.485 bits per heavy atom. The van der Waals surface area contributed by atoms with E-state index in [4.69, 9.17) is 0 Å². The highest BCUT2D eigenvalue weighted by Gasteiger charge is 3.24. The standard InChI is InChI=1S/C32H16F30O6/c1-3-11(63)67-9(5-65-7-13-21(39,40)15(33)27(51,52)16(34,22(13,41)42)29(55,56)17(35,23(13,43)44)28(15,53)54)10(68-12(64)4-2)6-66-8-14-24(45,46)18(36)30(57,58)19(37,25(14,47)48)32(61,62)20(38,26(14,49)50)31(18,59)60/h3-4,9-10H,1-2,5-8H2. The first kappa shape index (κ1) is 53.6. The summed E-state index contributed by atoms with van der Waals surface area (Å²) < 4.78 is 475. The van der Waals surface area contributed by atoms with E-state index in [-0.39, 0.29) is 12.2 Å². The van der Waals surface area contributed by atoms with Gasteiger partial charge in [-0.3, -0.25) is 0 Å². The molecule has 0 amide bonds. The summed E-state index contributed by atoms with van der Waals surface area (Å²) in [6.07, 6.45) is -7.59. The van der Waals surface area contributed by atoms with Crippen LogP contribution >= 0.6 is 0 Å². The second-order valence-corrected chi connectivity index (χ2v) is 16.0. The zero-order valence-electron chi connectivity index (χ0n) is 31.3. The van der Waals surface area contributed by atoms with Gasteiger partial charge >= 0.3 is 117 Å². The minimum absolute atomic E-state index is 0.214. The summed E-state index contributed by atoms with van der Waals surface area (Å²) in [7, 11) is 0. The summed E-state index contributed by atoms with van der Waals surface area (Å²) in [6.45, 7) is -8.81. The molecule has 0 heterocycles.